The number of nitrogen functional groups attached to an aromatic ring is 2. The lowest BCUT2D eigenvalue weighted by Crippen LogP contribution is -2.05. The van der Waals surface area contributed by atoms with E-state index in [4.69, 9.17) is 11.5 Å². The summed E-state index contributed by atoms with van der Waals surface area (Å²) in [6, 6.07) is 3.91. The van der Waals surface area contributed by atoms with Crippen molar-refractivity contribution in [3.05, 3.63) is 17.7 Å². The van der Waals surface area contributed by atoms with Crippen LogP contribution in [0.4, 0.5) is 17.5 Å². The van der Waals surface area contributed by atoms with Crippen molar-refractivity contribution in [2.45, 2.75) is 20.3 Å². The average molecular weight is 231 g/mol. The summed E-state index contributed by atoms with van der Waals surface area (Å²) in [4.78, 5) is 8.18. The molecular weight excluding hydrogens is 214 g/mol. The van der Waals surface area contributed by atoms with Crippen molar-refractivity contribution in [3.63, 3.8) is 0 Å². The van der Waals surface area contributed by atoms with Gasteiger partial charge < -0.3 is 16.8 Å². The molecule has 0 aliphatic rings. The zero-order chi connectivity index (χ0) is 12.4. The third-order valence-electron chi connectivity index (χ3n) is 2.73. The molecule has 0 aliphatic carbocycles. The normalized spacial score (nSPS) is 10.7. The summed E-state index contributed by atoms with van der Waals surface area (Å²) < 4.78 is 0. The molecule has 0 bridgehead atoms. The second-order valence-corrected chi connectivity index (χ2v) is 4.03. The van der Waals surface area contributed by atoms with E-state index >= 15 is 0 Å². The number of nitrogens with one attached hydrogen (secondary N) is 1. The first-order valence-corrected chi connectivity index (χ1v) is 5.69. The van der Waals surface area contributed by atoms with E-state index in [1.807, 2.05) is 19.1 Å². The average Bonchev–Trinajstić information content (AvgIpc) is 2.27. The number of nitrogens with zero attached hydrogens (tertiary/aromatic N) is 2. The molecule has 1 heterocycles. The molecule has 5 N–H and O–H groups in total. The van der Waals surface area contributed by atoms with Gasteiger partial charge in [0.2, 0.25) is 5.95 Å². The van der Waals surface area contributed by atoms with Crippen molar-refractivity contribution in [2.75, 3.05) is 23.3 Å². The summed E-state index contributed by atoms with van der Waals surface area (Å²) >= 11 is 0. The van der Waals surface area contributed by atoms with Crippen LogP contribution in [0.25, 0.3) is 10.9 Å². The molecule has 0 aliphatic heterocycles. The molecule has 2 rings (SSSR count). The second-order valence-electron chi connectivity index (χ2n) is 4.03. The van der Waals surface area contributed by atoms with E-state index in [2.05, 4.69) is 22.2 Å². The van der Waals surface area contributed by atoms with Crippen LogP contribution in [0.1, 0.15) is 18.9 Å². The summed E-state index contributed by atoms with van der Waals surface area (Å²) in [5.74, 6) is 0.647. The third-order valence-corrected chi connectivity index (χ3v) is 2.73. The van der Waals surface area contributed by atoms with Gasteiger partial charge >= 0.3 is 0 Å². The highest BCUT2D eigenvalue weighted by Crippen LogP contribution is 2.28. The van der Waals surface area contributed by atoms with E-state index in [1.54, 1.807) is 0 Å². The van der Waals surface area contributed by atoms with Crippen molar-refractivity contribution in [1.82, 2.24) is 9.97 Å². The molecule has 90 valence electrons. The van der Waals surface area contributed by atoms with Gasteiger partial charge in [-0.3, -0.25) is 0 Å². The van der Waals surface area contributed by atoms with Crippen LogP contribution in [0.2, 0.25) is 0 Å². The Balaban J connectivity index is 2.58. The molecule has 1 aromatic heterocycles. The topological polar surface area (TPSA) is 89.8 Å². The Morgan fingerprint density at radius 3 is 2.71 bits per heavy atom. The van der Waals surface area contributed by atoms with E-state index in [0.717, 1.165) is 35.1 Å². The number of aromatic nitrogens is 2. The van der Waals surface area contributed by atoms with Crippen LogP contribution in [0.5, 0.6) is 0 Å². The van der Waals surface area contributed by atoms with Gasteiger partial charge in [0.05, 0.1) is 5.52 Å². The van der Waals surface area contributed by atoms with Gasteiger partial charge in [-0.1, -0.05) is 6.92 Å². The molecule has 0 radical (unpaired) electrons. The summed E-state index contributed by atoms with van der Waals surface area (Å²) in [7, 11) is 0. The highest BCUT2D eigenvalue weighted by molar-refractivity contribution is 5.95. The van der Waals surface area contributed by atoms with Crippen molar-refractivity contribution >= 4 is 28.4 Å². The Kier molecular flexibility index (Phi) is 2.99. The number of fused-ring (bicyclic) bond motifs is 1. The molecule has 5 nitrogen and oxygen atoms in total. The van der Waals surface area contributed by atoms with E-state index < -0.39 is 0 Å². The number of hydrogen-bond donors (Lipinski definition) is 3. The number of anilines is 3. The van der Waals surface area contributed by atoms with E-state index in [0.29, 0.717) is 5.82 Å². The maximum Gasteiger partial charge on any atom is 0.222 e. The number of benzene rings is 1. The van der Waals surface area contributed by atoms with Gasteiger partial charge in [0, 0.05) is 17.6 Å². The molecule has 5 heteroatoms. The number of rotatable bonds is 3. The summed E-state index contributed by atoms with van der Waals surface area (Å²) in [5, 5.41) is 4.23. The molecule has 0 atom stereocenters. The number of nitrogens with two attached hydrogens (primary N) is 2. The van der Waals surface area contributed by atoms with Crippen LogP contribution in [-0.4, -0.2) is 16.5 Å². The van der Waals surface area contributed by atoms with Gasteiger partial charge in [-0.15, -0.1) is 0 Å². The highest BCUT2D eigenvalue weighted by atomic mass is 15.0. The molecule has 0 fully saturated rings. The lowest BCUT2D eigenvalue weighted by atomic mass is 10.1. The lowest BCUT2D eigenvalue weighted by molar-refractivity contribution is 0.978. The smallest absolute Gasteiger partial charge is 0.222 e. The molecule has 0 saturated heterocycles. The van der Waals surface area contributed by atoms with Gasteiger partial charge in [0.15, 0.2) is 0 Å². The van der Waals surface area contributed by atoms with Crippen LogP contribution < -0.4 is 16.8 Å². The van der Waals surface area contributed by atoms with E-state index in [-0.39, 0.29) is 5.95 Å². The lowest BCUT2D eigenvalue weighted by Gasteiger charge is -2.12. The fraction of sp³-hybridized carbons (Fsp3) is 0.333. The fourth-order valence-corrected chi connectivity index (χ4v) is 1.89. The van der Waals surface area contributed by atoms with Crippen LogP contribution in [0.15, 0.2) is 12.1 Å². The summed E-state index contributed by atoms with van der Waals surface area (Å²) in [6.45, 7) is 5.07. The zero-order valence-electron chi connectivity index (χ0n) is 10.1. The van der Waals surface area contributed by atoms with Gasteiger partial charge in [-0.25, -0.2) is 4.98 Å². The van der Waals surface area contributed by atoms with Gasteiger partial charge in [0.25, 0.3) is 0 Å². The minimum atomic E-state index is 0.212. The third kappa shape index (κ3) is 2.08. The first-order chi connectivity index (χ1) is 8.13. The second kappa shape index (κ2) is 4.45. The number of hydrogen-bond acceptors (Lipinski definition) is 5. The number of aryl methyl sites for hydroxylation is 1. The molecule has 0 unspecified atom stereocenters. The highest BCUT2D eigenvalue weighted by Gasteiger charge is 2.09. The van der Waals surface area contributed by atoms with E-state index in [1.165, 1.54) is 0 Å². The van der Waals surface area contributed by atoms with Crippen molar-refractivity contribution in [1.29, 1.82) is 0 Å². The largest absolute Gasteiger partial charge is 0.385 e. The Morgan fingerprint density at radius 2 is 2.00 bits per heavy atom. The maximum atomic E-state index is 5.90. The van der Waals surface area contributed by atoms with Crippen molar-refractivity contribution in [2.24, 2.45) is 0 Å². The van der Waals surface area contributed by atoms with Gasteiger partial charge in [-0.05, 0) is 31.0 Å². The zero-order valence-corrected chi connectivity index (χ0v) is 10.1. The maximum absolute atomic E-state index is 5.90. The molecule has 17 heavy (non-hydrogen) atoms. The monoisotopic (exact) mass is 231 g/mol. The molecule has 0 spiro atoms. The molecule has 0 amide bonds. The quantitative estimate of drug-likeness (QED) is 0.751. The summed E-state index contributed by atoms with van der Waals surface area (Å²) in [6.07, 6.45) is 1.07. The predicted octanol–water partition coefficient (Wildman–Crippen LogP) is 1.92. The molecule has 2 aromatic rings. The fourth-order valence-electron chi connectivity index (χ4n) is 1.89. The SMILES string of the molecule is CCCNc1ccc2nc(N)nc(N)c2c1C. The first kappa shape index (κ1) is 11.4. The summed E-state index contributed by atoms with van der Waals surface area (Å²) in [5.41, 5.74) is 14.4. The van der Waals surface area contributed by atoms with Gasteiger partial charge in [-0.2, -0.15) is 4.98 Å². The van der Waals surface area contributed by atoms with Crippen LogP contribution in [0.3, 0.4) is 0 Å². The van der Waals surface area contributed by atoms with Crippen LogP contribution in [-0.2, 0) is 0 Å². The molecular formula is C12H17N5. The van der Waals surface area contributed by atoms with Crippen molar-refractivity contribution in [3.8, 4) is 0 Å². The molecule has 1 aromatic carbocycles. The van der Waals surface area contributed by atoms with Gasteiger partial charge in [0.1, 0.15) is 5.82 Å². The first-order valence-electron chi connectivity index (χ1n) is 5.69. The standard InChI is InChI=1S/C12H17N5/c1-3-6-15-8-4-5-9-10(7(8)2)11(13)17-12(14)16-9/h4-5,15H,3,6H2,1-2H3,(H4,13,14,16,17). The minimum absolute atomic E-state index is 0.212. The van der Waals surface area contributed by atoms with Crippen molar-refractivity contribution < 1.29 is 0 Å². The Bertz CT molecular complexity index is 550. The van der Waals surface area contributed by atoms with Crippen LogP contribution in [0, 0.1) is 6.92 Å². The Hall–Kier alpha value is -2.04. The Labute approximate surface area is 100 Å². The van der Waals surface area contributed by atoms with E-state index in [9.17, 15) is 0 Å². The molecule has 0 saturated carbocycles. The predicted molar refractivity (Wildman–Crippen MR) is 71.9 cm³/mol. The Morgan fingerprint density at radius 1 is 1.24 bits per heavy atom. The minimum Gasteiger partial charge on any atom is -0.385 e. The van der Waals surface area contributed by atoms with Crippen LogP contribution >= 0.6 is 0 Å².